The van der Waals surface area contributed by atoms with Gasteiger partial charge in [-0.3, -0.25) is 10.1 Å². The van der Waals surface area contributed by atoms with Crippen molar-refractivity contribution in [3.8, 4) is 22.7 Å². The molecule has 0 fully saturated rings. The van der Waals surface area contributed by atoms with Gasteiger partial charge in [0.1, 0.15) is 7.11 Å². The molecule has 0 bridgehead atoms. The topological polar surface area (TPSA) is 128 Å². The van der Waals surface area contributed by atoms with Crippen LogP contribution in [0.5, 0.6) is 5.88 Å². The Morgan fingerprint density at radius 1 is 1.04 bits per heavy atom. The number of likely N-dealkylation sites (N-methyl/N-ethyl adjacent to an activating group) is 1. The summed E-state index contributed by atoms with van der Waals surface area (Å²) in [7, 11) is 5.33. The molecule has 5 aromatic rings. The van der Waals surface area contributed by atoms with E-state index in [4.69, 9.17) is 21.2 Å². The average molecular weight is 631 g/mol. The van der Waals surface area contributed by atoms with E-state index in [1.807, 2.05) is 70.1 Å². The molecule has 0 saturated carbocycles. The molecule has 3 heterocycles. The highest BCUT2D eigenvalue weighted by molar-refractivity contribution is 6.33. The fourth-order valence-corrected chi connectivity index (χ4v) is 4.80. The molecule has 234 valence electrons. The minimum absolute atomic E-state index is 0.235. The molecule has 0 saturated heterocycles. The number of halogens is 1. The van der Waals surface area contributed by atoms with Crippen molar-refractivity contribution in [2.75, 3.05) is 44.9 Å². The Balaban J connectivity index is 1.38. The number of aromatic nitrogens is 5. The van der Waals surface area contributed by atoms with Gasteiger partial charge in [0.2, 0.25) is 11.8 Å². The monoisotopic (exact) mass is 630 g/mol. The number of nitrogens with zero attached hydrogens (tertiary/aromatic N) is 6. The van der Waals surface area contributed by atoms with Crippen LogP contribution in [0.15, 0.2) is 71.7 Å². The highest BCUT2D eigenvalue weighted by atomic mass is 35.5. The fourth-order valence-electron chi connectivity index (χ4n) is 4.52. The summed E-state index contributed by atoms with van der Waals surface area (Å²) in [5, 5.41) is 11.3. The molecular formula is C32H35ClN8O4. The Kier molecular flexibility index (Phi) is 9.07. The van der Waals surface area contributed by atoms with E-state index in [2.05, 4.69) is 25.7 Å². The summed E-state index contributed by atoms with van der Waals surface area (Å²) in [6, 6.07) is 17.6. The summed E-state index contributed by atoms with van der Waals surface area (Å²) in [4.78, 5) is 42.7. The zero-order valence-electron chi connectivity index (χ0n) is 26.0. The van der Waals surface area contributed by atoms with Crippen LogP contribution in [0.2, 0.25) is 5.02 Å². The van der Waals surface area contributed by atoms with Crippen LogP contribution in [0.3, 0.4) is 0 Å². The Morgan fingerprint density at radius 3 is 2.47 bits per heavy atom. The molecule has 13 heteroatoms. The quantitative estimate of drug-likeness (QED) is 0.225. The standard InChI is InChI=1S/C32H35ClN8O4/c1-32(2,3)26-18-27(40(38-26)22-10-8-7-9-11-22)45-31(43)36-21-12-13-23(25(33)17-21)24-16-20-19-35-30(34-14-15-39(4)5)37-28(20)41(44-6)29(24)42/h7-13,16-19H,14-15H2,1-6H3,(H,36,43)(H,34,35,37). The maximum atomic E-state index is 13.5. The molecule has 2 N–H and O–H groups in total. The number of nitrogens with one attached hydrogen (secondary N) is 2. The van der Waals surface area contributed by atoms with Gasteiger partial charge in [-0.25, -0.2) is 14.5 Å². The van der Waals surface area contributed by atoms with Crippen molar-refractivity contribution >= 4 is 40.4 Å². The largest absolute Gasteiger partial charge is 0.418 e. The van der Waals surface area contributed by atoms with Gasteiger partial charge < -0.3 is 19.8 Å². The Hall–Kier alpha value is -4.94. The lowest BCUT2D eigenvalue weighted by Crippen LogP contribution is -2.27. The number of hydrogen-bond donors (Lipinski definition) is 2. The van der Waals surface area contributed by atoms with Gasteiger partial charge in [-0.15, -0.1) is 4.73 Å². The number of ether oxygens (including phenoxy) is 1. The predicted octanol–water partition coefficient (Wildman–Crippen LogP) is 5.24. The fraction of sp³-hybridized carbons (Fsp3) is 0.281. The van der Waals surface area contributed by atoms with Gasteiger partial charge in [-0.1, -0.05) is 56.6 Å². The molecule has 45 heavy (non-hydrogen) atoms. The van der Waals surface area contributed by atoms with E-state index >= 15 is 0 Å². The van der Waals surface area contributed by atoms with Gasteiger partial charge in [0.25, 0.3) is 5.56 Å². The van der Waals surface area contributed by atoms with Crippen molar-refractivity contribution in [1.82, 2.24) is 29.4 Å². The minimum Gasteiger partial charge on any atom is -0.412 e. The van der Waals surface area contributed by atoms with Crippen LogP contribution in [-0.4, -0.2) is 69.8 Å². The van der Waals surface area contributed by atoms with Crippen molar-refractivity contribution in [3.63, 3.8) is 0 Å². The molecule has 12 nitrogen and oxygen atoms in total. The Morgan fingerprint density at radius 2 is 1.80 bits per heavy atom. The number of benzene rings is 2. The number of hydrogen-bond acceptors (Lipinski definition) is 9. The molecule has 0 atom stereocenters. The lowest BCUT2D eigenvalue weighted by atomic mass is 9.93. The van der Waals surface area contributed by atoms with Gasteiger partial charge >= 0.3 is 6.09 Å². The maximum absolute atomic E-state index is 13.5. The van der Waals surface area contributed by atoms with Crippen molar-refractivity contribution in [2.45, 2.75) is 26.2 Å². The average Bonchev–Trinajstić information content (AvgIpc) is 3.42. The maximum Gasteiger partial charge on any atom is 0.418 e. The van der Waals surface area contributed by atoms with E-state index in [9.17, 15) is 9.59 Å². The van der Waals surface area contributed by atoms with Crippen LogP contribution >= 0.6 is 11.6 Å². The van der Waals surface area contributed by atoms with Crippen LogP contribution < -0.4 is 25.8 Å². The van der Waals surface area contributed by atoms with E-state index in [-0.39, 0.29) is 21.9 Å². The number of carbonyl (C=O) groups is 1. The molecule has 3 aromatic heterocycles. The van der Waals surface area contributed by atoms with Crippen molar-refractivity contribution in [3.05, 3.63) is 87.9 Å². The van der Waals surface area contributed by atoms with Gasteiger partial charge in [-0.05, 0) is 44.4 Å². The first-order chi connectivity index (χ1) is 21.4. The highest BCUT2D eigenvalue weighted by Gasteiger charge is 2.23. The van der Waals surface area contributed by atoms with Gasteiger partial charge in [-0.2, -0.15) is 10.1 Å². The zero-order valence-corrected chi connectivity index (χ0v) is 26.7. The summed E-state index contributed by atoms with van der Waals surface area (Å²) < 4.78 is 8.38. The van der Waals surface area contributed by atoms with Gasteiger partial charge in [0.05, 0.1) is 22.0 Å². The van der Waals surface area contributed by atoms with Crippen LogP contribution in [0, 0.1) is 0 Å². The molecule has 5 rings (SSSR count). The van der Waals surface area contributed by atoms with E-state index in [1.54, 1.807) is 41.2 Å². The van der Waals surface area contributed by atoms with Crippen molar-refractivity contribution in [1.29, 1.82) is 0 Å². The Labute approximate surface area is 265 Å². The highest BCUT2D eigenvalue weighted by Crippen LogP contribution is 2.31. The number of carbonyl (C=O) groups excluding carboxylic acids is 1. The lowest BCUT2D eigenvalue weighted by Gasteiger charge is -2.14. The third kappa shape index (κ3) is 7.08. The second-order valence-electron chi connectivity index (χ2n) is 11.6. The molecule has 0 unspecified atom stereocenters. The second kappa shape index (κ2) is 13.0. The number of amides is 1. The van der Waals surface area contributed by atoms with Gasteiger partial charge in [0, 0.05) is 47.4 Å². The summed E-state index contributed by atoms with van der Waals surface area (Å²) in [5.74, 6) is 0.644. The number of fused-ring (bicyclic) bond motifs is 1. The van der Waals surface area contributed by atoms with E-state index in [1.165, 1.54) is 7.11 Å². The van der Waals surface area contributed by atoms with Crippen LogP contribution in [-0.2, 0) is 5.41 Å². The molecular weight excluding hydrogens is 596 g/mol. The summed E-state index contributed by atoms with van der Waals surface area (Å²) in [6.45, 7) is 7.51. The van der Waals surface area contributed by atoms with Gasteiger partial charge in [0.15, 0.2) is 5.65 Å². The summed E-state index contributed by atoms with van der Waals surface area (Å²) >= 11 is 6.65. The molecule has 0 radical (unpaired) electrons. The molecule has 0 aliphatic carbocycles. The molecule has 0 aliphatic heterocycles. The Bertz CT molecular complexity index is 1900. The normalized spacial score (nSPS) is 11.6. The third-order valence-corrected chi connectivity index (χ3v) is 7.19. The minimum atomic E-state index is -0.726. The summed E-state index contributed by atoms with van der Waals surface area (Å²) in [5.41, 5.74) is 2.21. The lowest BCUT2D eigenvalue weighted by molar-refractivity contribution is 0.168. The van der Waals surface area contributed by atoms with Crippen LogP contribution in [0.25, 0.3) is 27.8 Å². The zero-order chi connectivity index (χ0) is 32.3. The third-order valence-electron chi connectivity index (χ3n) is 6.88. The first-order valence-electron chi connectivity index (χ1n) is 14.2. The van der Waals surface area contributed by atoms with Crippen LogP contribution in [0.4, 0.5) is 16.4 Å². The van der Waals surface area contributed by atoms with Crippen molar-refractivity contribution in [2.24, 2.45) is 0 Å². The van der Waals surface area contributed by atoms with E-state index in [0.29, 0.717) is 34.8 Å². The molecule has 1 amide bonds. The molecule has 0 spiro atoms. The smallest absolute Gasteiger partial charge is 0.412 e. The van der Waals surface area contributed by atoms with Crippen LogP contribution in [0.1, 0.15) is 26.5 Å². The first kappa shape index (κ1) is 31.5. The summed E-state index contributed by atoms with van der Waals surface area (Å²) in [6.07, 6.45) is 0.889. The number of para-hydroxylation sites is 1. The predicted molar refractivity (Wildman–Crippen MR) is 176 cm³/mol. The SMILES string of the molecule is COn1c(=O)c(-c2ccc(NC(=O)Oc3cc(C(C)(C)C)nn3-c3ccccc3)cc2Cl)cc2cnc(NCCN(C)C)nc21. The number of rotatable bonds is 9. The molecule has 2 aromatic carbocycles. The van der Waals surface area contributed by atoms with E-state index < -0.39 is 11.7 Å². The number of anilines is 2. The second-order valence-corrected chi connectivity index (χ2v) is 12.0. The molecule has 0 aliphatic rings. The first-order valence-corrected chi connectivity index (χ1v) is 14.6. The number of pyridine rings is 1. The van der Waals surface area contributed by atoms with E-state index in [0.717, 1.165) is 22.7 Å². The van der Waals surface area contributed by atoms with Crippen molar-refractivity contribution < 1.29 is 14.4 Å².